The van der Waals surface area contributed by atoms with Crippen LogP contribution in [0.1, 0.15) is 32.5 Å². The highest BCUT2D eigenvalue weighted by Crippen LogP contribution is 2.51. The van der Waals surface area contributed by atoms with Crippen LogP contribution < -0.4 is 14.8 Å². The van der Waals surface area contributed by atoms with Crippen LogP contribution in [0.25, 0.3) is 0 Å². The van der Waals surface area contributed by atoms with E-state index in [1.165, 1.54) is 11.3 Å². The maximum atomic E-state index is 12.4. The molecular weight excluding hydrogens is 342 g/mol. The van der Waals surface area contributed by atoms with Gasteiger partial charge in [0, 0.05) is 22.3 Å². The van der Waals surface area contributed by atoms with E-state index in [-0.39, 0.29) is 22.6 Å². The number of carboxylic acids is 1. The molecule has 2 unspecified atom stereocenters. The van der Waals surface area contributed by atoms with Crippen molar-refractivity contribution in [2.45, 2.75) is 18.9 Å². The molecule has 2 aromatic rings. The number of thiophene rings is 1. The van der Waals surface area contributed by atoms with Crippen molar-refractivity contribution >= 4 is 23.2 Å². The van der Waals surface area contributed by atoms with Gasteiger partial charge in [0.2, 0.25) is 5.91 Å². The fraction of sp³-hybridized carbons (Fsp3) is 0.333. The number of benzene rings is 1. The fourth-order valence-electron chi connectivity index (χ4n) is 2.85. The second kappa shape index (κ2) is 7.14. The number of carbonyl (C=O) groups excluding carboxylic acids is 1. The Morgan fingerprint density at radius 1 is 1.24 bits per heavy atom. The van der Waals surface area contributed by atoms with Crippen molar-refractivity contribution in [2.75, 3.05) is 14.2 Å². The van der Waals surface area contributed by atoms with Crippen molar-refractivity contribution < 1.29 is 24.2 Å². The Kier molecular flexibility index (Phi) is 4.94. The lowest BCUT2D eigenvalue weighted by Gasteiger charge is -2.10. The van der Waals surface area contributed by atoms with Crippen molar-refractivity contribution in [3.05, 3.63) is 45.6 Å². The average Bonchev–Trinajstić information content (AvgIpc) is 3.28. The lowest BCUT2D eigenvalue weighted by atomic mass is 10.1. The summed E-state index contributed by atoms with van der Waals surface area (Å²) in [5, 5.41) is 11.8. The fourth-order valence-corrected chi connectivity index (χ4v) is 3.64. The molecule has 2 N–H and O–H groups in total. The molecule has 1 aromatic heterocycles. The minimum absolute atomic E-state index is 0.0276. The van der Waals surface area contributed by atoms with Gasteiger partial charge < -0.3 is 19.9 Å². The first-order valence-corrected chi connectivity index (χ1v) is 8.66. The minimum atomic E-state index is -0.949. The molecule has 1 amide bonds. The molecular formula is C18H19NO5S. The summed E-state index contributed by atoms with van der Waals surface area (Å²) in [4.78, 5) is 24.3. The third-order valence-corrected chi connectivity index (χ3v) is 5.35. The summed E-state index contributed by atoms with van der Waals surface area (Å²) in [6.45, 7) is 0.343. The summed E-state index contributed by atoms with van der Waals surface area (Å²) in [7, 11) is 3.22. The number of methoxy groups -OCH3 is 2. The number of nitrogens with one attached hydrogen (secondary N) is 1. The standard InChI is InChI=1S/C18H19NO5S/c1-23-10-3-5-15(24-2)13(7-10)12-8-14(12)17(20)19-9-11-4-6-16(25-11)18(21)22/h3-7,12,14H,8-9H2,1-2H3,(H,19,20)(H,21,22). The van der Waals surface area contributed by atoms with Gasteiger partial charge in [0.15, 0.2) is 0 Å². The number of aromatic carboxylic acids is 1. The van der Waals surface area contributed by atoms with Gasteiger partial charge in [-0.1, -0.05) is 0 Å². The van der Waals surface area contributed by atoms with Gasteiger partial charge in [-0.3, -0.25) is 4.79 Å². The van der Waals surface area contributed by atoms with Crippen molar-refractivity contribution in [1.82, 2.24) is 5.32 Å². The third-order valence-electron chi connectivity index (χ3n) is 4.27. The number of rotatable bonds is 7. The Morgan fingerprint density at radius 3 is 2.68 bits per heavy atom. The summed E-state index contributed by atoms with van der Waals surface area (Å²) in [5.41, 5.74) is 0.978. The first kappa shape index (κ1) is 17.3. The van der Waals surface area contributed by atoms with Crippen molar-refractivity contribution in [3.63, 3.8) is 0 Å². The second-order valence-electron chi connectivity index (χ2n) is 5.85. The molecule has 3 rings (SSSR count). The summed E-state index contributed by atoms with van der Waals surface area (Å²) in [5.74, 6) is 0.532. The summed E-state index contributed by atoms with van der Waals surface area (Å²) in [6, 6.07) is 8.87. The van der Waals surface area contributed by atoms with Crippen LogP contribution >= 0.6 is 11.3 Å². The van der Waals surface area contributed by atoms with Crippen LogP contribution in [0.3, 0.4) is 0 Å². The highest BCUT2D eigenvalue weighted by atomic mass is 32.1. The smallest absolute Gasteiger partial charge is 0.345 e. The zero-order valence-corrected chi connectivity index (χ0v) is 14.8. The predicted molar refractivity (Wildman–Crippen MR) is 93.5 cm³/mol. The predicted octanol–water partition coefficient (Wildman–Crippen LogP) is 2.88. The van der Waals surface area contributed by atoms with Gasteiger partial charge >= 0.3 is 5.97 Å². The molecule has 2 atom stereocenters. The molecule has 1 aliphatic carbocycles. The molecule has 0 radical (unpaired) electrons. The van der Waals surface area contributed by atoms with Crippen LogP contribution in [0.15, 0.2) is 30.3 Å². The molecule has 1 heterocycles. The normalized spacial score (nSPS) is 18.5. The lowest BCUT2D eigenvalue weighted by Crippen LogP contribution is -2.24. The Balaban J connectivity index is 1.61. The second-order valence-corrected chi connectivity index (χ2v) is 7.01. The Bertz CT molecular complexity index is 801. The van der Waals surface area contributed by atoms with E-state index in [4.69, 9.17) is 14.6 Å². The molecule has 0 saturated heterocycles. The molecule has 25 heavy (non-hydrogen) atoms. The monoisotopic (exact) mass is 361 g/mol. The SMILES string of the molecule is COc1ccc(OC)c(C2CC2C(=O)NCc2ccc(C(=O)O)s2)c1. The van der Waals surface area contributed by atoms with Crippen molar-refractivity contribution in [1.29, 1.82) is 0 Å². The Labute approximate surface area is 149 Å². The minimum Gasteiger partial charge on any atom is -0.497 e. The maximum absolute atomic E-state index is 12.4. The molecule has 1 fully saturated rings. The van der Waals surface area contributed by atoms with Gasteiger partial charge in [0.25, 0.3) is 0 Å². The maximum Gasteiger partial charge on any atom is 0.345 e. The third kappa shape index (κ3) is 3.76. The first-order valence-electron chi connectivity index (χ1n) is 7.85. The molecule has 0 spiro atoms. The lowest BCUT2D eigenvalue weighted by molar-refractivity contribution is -0.122. The first-order chi connectivity index (χ1) is 12.0. The van der Waals surface area contributed by atoms with Gasteiger partial charge in [-0.15, -0.1) is 11.3 Å². The van der Waals surface area contributed by atoms with E-state index >= 15 is 0 Å². The van der Waals surface area contributed by atoms with Crippen LogP contribution in [-0.2, 0) is 11.3 Å². The van der Waals surface area contributed by atoms with E-state index in [0.29, 0.717) is 6.54 Å². The topological polar surface area (TPSA) is 84.9 Å². The zero-order chi connectivity index (χ0) is 18.0. The largest absolute Gasteiger partial charge is 0.497 e. The average molecular weight is 361 g/mol. The molecule has 0 aliphatic heterocycles. The van der Waals surface area contributed by atoms with Gasteiger partial charge in [-0.05, 0) is 36.8 Å². The number of carboxylic acid groups (broad SMARTS) is 1. The summed E-state index contributed by atoms with van der Waals surface area (Å²) in [6.07, 6.45) is 0.764. The van der Waals surface area contributed by atoms with E-state index < -0.39 is 5.97 Å². The van der Waals surface area contributed by atoms with Crippen LogP contribution in [-0.4, -0.2) is 31.2 Å². The van der Waals surface area contributed by atoms with Gasteiger partial charge in [0.1, 0.15) is 16.4 Å². The Hall–Kier alpha value is -2.54. The molecule has 1 aliphatic rings. The summed E-state index contributed by atoms with van der Waals surface area (Å²) >= 11 is 1.17. The molecule has 132 valence electrons. The molecule has 0 bridgehead atoms. The van der Waals surface area contributed by atoms with E-state index in [2.05, 4.69) is 5.32 Å². The van der Waals surface area contributed by atoms with Crippen molar-refractivity contribution in [3.8, 4) is 11.5 Å². The summed E-state index contributed by atoms with van der Waals surface area (Å²) < 4.78 is 10.6. The van der Waals surface area contributed by atoms with E-state index in [0.717, 1.165) is 28.4 Å². The molecule has 1 saturated carbocycles. The number of hydrogen-bond acceptors (Lipinski definition) is 5. The quantitative estimate of drug-likeness (QED) is 0.792. The molecule has 6 nitrogen and oxygen atoms in total. The van der Waals surface area contributed by atoms with Gasteiger partial charge in [0.05, 0.1) is 20.8 Å². The van der Waals surface area contributed by atoms with E-state index in [9.17, 15) is 9.59 Å². The number of ether oxygens (including phenoxy) is 2. The van der Waals surface area contributed by atoms with E-state index in [1.54, 1.807) is 26.4 Å². The Morgan fingerprint density at radius 2 is 2.04 bits per heavy atom. The highest BCUT2D eigenvalue weighted by molar-refractivity contribution is 7.13. The number of amides is 1. The number of carbonyl (C=O) groups is 2. The number of hydrogen-bond donors (Lipinski definition) is 2. The highest BCUT2D eigenvalue weighted by Gasteiger charge is 2.45. The van der Waals surface area contributed by atoms with Gasteiger partial charge in [-0.25, -0.2) is 4.79 Å². The van der Waals surface area contributed by atoms with Crippen LogP contribution in [0.5, 0.6) is 11.5 Å². The van der Waals surface area contributed by atoms with Crippen LogP contribution in [0.4, 0.5) is 0 Å². The van der Waals surface area contributed by atoms with E-state index in [1.807, 2.05) is 18.2 Å². The van der Waals surface area contributed by atoms with Crippen LogP contribution in [0, 0.1) is 5.92 Å². The van der Waals surface area contributed by atoms with Gasteiger partial charge in [-0.2, -0.15) is 0 Å². The molecule has 7 heteroatoms. The molecule has 1 aromatic carbocycles. The zero-order valence-electron chi connectivity index (χ0n) is 13.9. The van der Waals surface area contributed by atoms with Crippen molar-refractivity contribution in [2.24, 2.45) is 5.92 Å². The van der Waals surface area contributed by atoms with Crippen LogP contribution in [0.2, 0.25) is 0 Å².